The molecule has 0 spiro atoms. The molecule has 0 aliphatic carbocycles. The highest BCUT2D eigenvalue weighted by atomic mass is 35.5. The van der Waals surface area contributed by atoms with Gasteiger partial charge in [-0.3, -0.25) is 14.3 Å². The second kappa shape index (κ2) is 9.55. The smallest absolute Gasteiger partial charge is 0.276 e. The van der Waals surface area contributed by atoms with Crippen molar-refractivity contribution >= 4 is 40.6 Å². The van der Waals surface area contributed by atoms with Crippen LogP contribution in [0.25, 0.3) is 0 Å². The van der Waals surface area contributed by atoms with Crippen LogP contribution in [0.3, 0.4) is 0 Å². The first-order valence-corrected chi connectivity index (χ1v) is 11.5. The van der Waals surface area contributed by atoms with E-state index < -0.39 is 0 Å². The fraction of sp³-hybridized carbons (Fsp3) is 0.304. The van der Waals surface area contributed by atoms with E-state index in [0.717, 1.165) is 16.0 Å². The van der Waals surface area contributed by atoms with E-state index >= 15 is 0 Å². The Morgan fingerprint density at radius 1 is 1.25 bits per heavy atom. The highest BCUT2D eigenvalue weighted by molar-refractivity contribution is 7.10. The number of nitrogens with zero attached hydrogens (tertiary/aromatic N) is 4. The van der Waals surface area contributed by atoms with E-state index in [0.29, 0.717) is 37.4 Å². The van der Waals surface area contributed by atoms with Gasteiger partial charge in [-0.1, -0.05) is 29.5 Å². The Bertz CT molecular complexity index is 1200. The van der Waals surface area contributed by atoms with Gasteiger partial charge in [0.15, 0.2) is 0 Å². The predicted molar refractivity (Wildman–Crippen MR) is 125 cm³/mol. The molecular formula is C23H22ClN5O2S. The highest BCUT2D eigenvalue weighted by Gasteiger charge is 2.28. The average molecular weight is 468 g/mol. The molecule has 32 heavy (non-hydrogen) atoms. The first-order chi connectivity index (χ1) is 15.4. The SMILES string of the molecule is CC(=O)N1CCC(n2ncc(Cl)c2C(=O)Nc2ncc(C#Cc3cccs3)cc2C)CC1. The zero-order valence-corrected chi connectivity index (χ0v) is 19.3. The summed E-state index contributed by atoms with van der Waals surface area (Å²) in [5.41, 5.74) is 1.87. The average Bonchev–Trinajstić information content (AvgIpc) is 3.43. The molecule has 1 fully saturated rings. The summed E-state index contributed by atoms with van der Waals surface area (Å²) in [6.45, 7) is 4.70. The van der Waals surface area contributed by atoms with Crippen LogP contribution in [0.15, 0.2) is 36.0 Å². The van der Waals surface area contributed by atoms with Crippen molar-refractivity contribution in [1.29, 1.82) is 0 Å². The van der Waals surface area contributed by atoms with Crippen molar-refractivity contribution in [2.75, 3.05) is 18.4 Å². The van der Waals surface area contributed by atoms with E-state index in [1.54, 1.807) is 34.0 Å². The lowest BCUT2D eigenvalue weighted by atomic mass is 10.0. The van der Waals surface area contributed by atoms with Crippen LogP contribution in [-0.4, -0.2) is 44.6 Å². The molecule has 0 unspecified atom stereocenters. The van der Waals surface area contributed by atoms with Gasteiger partial charge in [0, 0.05) is 31.8 Å². The Morgan fingerprint density at radius 2 is 2.03 bits per heavy atom. The van der Waals surface area contributed by atoms with Gasteiger partial charge in [-0.15, -0.1) is 11.3 Å². The molecule has 2 amide bonds. The molecule has 1 saturated heterocycles. The molecule has 0 bridgehead atoms. The number of thiophene rings is 1. The summed E-state index contributed by atoms with van der Waals surface area (Å²) in [4.78, 5) is 31.8. The molecule has 3 aromatic heterocycles. The molecule has 1 aliphatic rings. The van der Waals surface area contributed by atoms with Crippen LogP contribution in [0.5, 0.6) is 0 Å². The lowest BCUT2D eigenvalue weighted by Gasteiger charge is -2.32. The summed E-state index contributed by atoms with van der Waals surface area (Å²) >= 11 is 7.89. The van der Waals surface area contributed by atoms with Gasteiger partial charge >= 0.3 is 0 Å². The molecule has 0 radical (unpaired) electrons. The van der Waals surface area contributed by atoms with Crippen LogP contribution in [0, 0.1) is 18.8 Å². The first-order valence-electron chi connectivity index (χ1n) is 10.2. The van der Waals surface area contributed by atoms with E-state index in [2.05, 4.69) is 27.2 Å². The number of aromatic nitrogens is 3. The number of carbonyl (C=O) groups is 2. The largest absolute Gasteiger partial charge is 0.343 e. The number of piperidine rings is 1. The summed E-state index contributed by atoms with van der Waals surface area (Å²) in [5.74, 6) is 6.34. The molecule has 9 heteroatoms. The third-order valence-electron chi connectivity index (χ3n) is 5.38. The summed E-state index contributed by atoms with van der Waals surface area (Å²) in [5, 5.41) is 9.46. The van der Waals surface area contributed by atoms with Crippen molar-refractivity contribution in [3.8, 4) is 11.8 Å². The van der Waals surface area contributed by atoms with Gasteiger partial charge in [-0.05, 0) is 42.8 Å². The Morgan fingerprint density at radius 3 is 2.69 bits per heavy atom. The molecule has 0 aromatic carbocycles. The molecule has 7 nitrogen and oxygen atoms in total. The molecule has 1 N–H and O–H groups in total. The van der Waals surface area contributed by atoms with E-state index in [1.165, 1.54) is 6.20 Å². The number of nitrogens with one attached hydrogen (secondary N) is 1. The lowest BCUT2D eigenvalue weighted by molar-refractivity contribution is -0.130. The number of anilines is 1. The first kappa shape index (κ1) is 22.1. The summed E-state index contributed by atoms with van der Waals surface area (Å²) < 4.78 is 1.67. The summed E-state index contributed by atoms with van der Waals surface area (Å²) in [6, 6.07) is 5.81. The van der Waals surface area contributed by atoms with Gasteiger partial charge in [-0.2, -0.15) is 5.10 Å². The molecule has 0 saturated carbocycles. The number of amides is 2. The fourth-order valence-corrected chi connectivity index (χ4v) is 4.47. The summed E-state index contributed by atoms with van der Waals surface area (Å²) in [7, 11) is 0. The molecule has 4 heterocycles. The van der Waals surface area contributed by atoms with Crippen molar-refractivity contribution < 1.29 is 9.59 Å². The number of carbonyl (C=O) groups excluding carboxylic acids is 2. The molecule has 1 aliphatic heterocycles. The molecule has 3 aromatic rings. The van der Waals surface area contributed by atoms with Crippen LogP contribution in [0.2, 0.25) is 5.02 Å². The van der Waals surface area contributed by atoms with Gasteiger partial charge in [0.1, 0.15) is 11.5 Å². The molecular weight excluding hydrogens is 446 g/mol. The van der Waals surface area contributed by atoms with Crippen LogP contribution < -0.4 is 5.32 Å². The van der Waals surface area contributed by atoms with Crippen LogP contribution in [-0.2, 0) is 4.79 Å². The quantitative estimate of drug-likeness (QED) is 0.587. The minimum atomic E-state index is -0.366. The Labute approximate surface area is 195 Å². The maximum absolute atomic E-state index is 13.1. The lowest BCUT2D eigenvalue weighted by Crippen LogP contribution is -2.38. The topological polar surface area (TPSA) is 80.1 Å². The number of hydrogen-bond acceptors (Lipinski definition) is 5. The molecule has 4 rings (SSSR count). The predicted octanol–water partition coefficient (Wildman–Crippen LogP) is 4.14. The minimum absolute atomic E-state index is 0.00260. The normalized spacial score (nSPS) is 14.0. The van der Waals surface area contributed by atoms with Crippen molar-refractivity contribution in [3.63, 3.8) is 0 Å². The second-order valence-corrected chi connectivity index (χ2v) is 8.95. The molecule has 164 valence electrons. The number of halogens is 1. The second-order valence-electron chi connectivity index (χ2n) is 7.59. The van der Waals surface area contributed by atoms with Crippen LogP contribution >= 0.6 is 22.9 Å². The van der Waals surface area contributed by atoms with Crippen molar-refractivity contribution in [2.45, 2.75) is 32.7 Å². The third-order valence-corrected chi connectivity index (χ3v) is 6.44. The minimum Gasteiger partial charge on any atom is -0.343 e. The maximum atomic E-state index is 13.1. The fourth-order valence-electron chi connectivity index (χ4n) is 3.68. The van der Waals surface area contributed by atoms with Gasteiger partial charge in [0.05, 0.1) is 22.1 Å². The van der Waals surface area contributed by atoms with E-state index in [1.807, 2.05) is 30.5 Å². The monoisotopic (exact) mass is 467 g/mol. The van der Waals surface area contributed by atoms with Crippen molar-refractivity contribution in [1.82, 2.24) is 19.7 Å². The Kier molecular flexibility index (Phi) is 6.58. The van der Waals surface area contributed by atoms with Crippen LogP contribution in [0.1, 0.15) is 52.3 Å². The highest BCUT2D eigenvalue weighted by Crippen LogP contribution is 2.27. The summed E-state index contributed by atoms with van der Waals surface area (Å²) in [6.07, 6.45) is 4.55. The number of hydrogen-bond donors (Lipinski definition) is 1. The maximum Gasteiger partial charge on any atom is 0.276 e. The van der Waals surface area contributed by atoms with E-state index in [4.69, 9.17) is 11.6 Å². The zero-order chi connectivity index (χ0) is 22.7. The third kappa shape index (κ3) is 4.85. The van der Waals surface area contributed by atoms with Gasteiger partial charge in [0.25, 0.3) is 5.91 Å². The van der Waals surface area contributed by atoms with Gasteiger partial charge < -0.3 is 10.2 Å². The Hall–Kier alpha value is -3.15. The van der Waals surface area contributed by atoms with Crippen LogP contribution in [0.4, 0.5) is 5.82 Å². The number of rotatable bonds is 3. The zero-order valence-electron chi connectivity index (χ0n) is 17.8. The van der Waals surface area contributed by atoms with Gasteiger partial charge in [-0.25, -0.2) is 4.98 Å². The van der Waals surface area contributed by atoms with Gasteiger partial charge in [0.2, 0.25) is 5.91 Å². The number of aryl methyl sites for hydroxylation is 1. The van der Waals surface area contributed by atoms with E-state index in [9.17, 15) is 9.59 Å². The van der Waals surface area contributed by atoms with Crippen molar-refractivity contribution in [3.05, 3.63) is 62.7 Å². The number of pyridine rings is 1. The van der Waals surface area contributed by atoms with Crippen molar-refractivity contribution in [2.24, 2.45) is 0 Å². The number of likely N-dealkylation sites (tertiary alicyclic amines) is 1. The standard InChI is InChI=1S/C23H22ClN5O2S/c1-15-12-17(5-6-19-4-3-11-32-19)13-25-22(15)27-23(31)21-20(24)14-26-29(21)18-7-9-28(10-8-18)16(2)30/h3-4,11-14,18H,7-10H2,1-2H3,(H,25,27,31). The Balaban J connectivity index is 1.49. The molecule has 0 atom stereocenters. The van der Waals surface area contributed by atoms with E-state index in [-0.39, 0.29) is 22.9 Å².